The first-order chi connectivity index (χ1) is 13.7. The van der Waals surface area contributed by atoms with Crippen LogP contribution in [0.4, 0.5) is 0 Å². The van der Waals surface area contributed by atoms with E-state index in [1.54, 1.807) is 35.2 Å². The number of morpholine rings is 1. The fourth-order valence-electron chi connectivity index (χ4n) is 3.12. The zero-order chi connectivity index (χ0) is 19.5. The van der Waals surface area contributed by atoms with E-state index in [1.165, 1.54) is 12.3 Å². The summed E-state index contributed by atoms with van der Waals surface area (Å²) in [7, 11) is 0. The standard InChI is InChI=1S/C20H16N4O4/c21-12-15(20(26)24-7-10-27-11-8-24)17-13-4-1-2-5-14(13)18(22-17)23-19(25)16-6-3-9-28-16/h1-6,9H,7-8,10-11H2,(H,22,23,25)/b17-15-. The molecule has 0 unspecified atom stereocenters. The van der Waals surface area contributed by atoms with Gasteiger partial charge in [0.25, 0.3) is 11.8 Å². The summed E-state index contributed by atoms with van der Waals surface area (Å²) < 4.78 is 10.4. The maximum atomic E-state index is 12.9. The Bertz CT molecular complexity index is 1020. The Hall–Kier alpha value is -3.70. The van der Waals surface area contributed by atoms with E-state index in [4.69, 9.17) is 9.15 Å². The van der Waals surface area contributed by atoms with Crippen LogP contribution >= 0.6 is 0 Å². The van der Waals surface area contributed by atoms with Gasteiger partial charge in [-0.25, -0.2) is 4.99 Å². The molecule has 1 aromatic heterocycles. The average molecular weight is 376 g/mol. The van der Waals surface area contributed by atoms with Gasteiger partial charge in [-0.3, -0.25) is 9.59 Å². The van der Waals surface area contributed by atoms with E-state index >= 15 is 0 Å². The molecule has 0 saturated carbocycles. The van der Waals surface area contributed by atoms with Gasteiger partial charge >= 0.3 is 0 Å². The smallest absolute Gasteiger partial charge is 0.292 e. The lowest BCUT2D eigenvalue weighted by Crippen LogP contribution is -2.41. The van der Waals surface area contributed by atoms with Gasteiger partial charge < -0.3 is 19.4 Å². The third-order valence-electron chi connectivity index (χ3n) is 4.50. The number of benzene rings is 1. The molecule has 140 valence electrons. The van der Waals surface area contributed by atoms with Crippen LogP contribution in [-0.4, -0.2) is 48.9 Å². The van der Waals surface area contributed by atoms with E-state index in [9.17, 15) is 14.9 Å². The first-order valence-electron chi connectivity index (χ1n) is 8.73. The second kappa shape index (κ2) is 7.50. The van der Waals surface area contributed by atoms with Crippen LogP contribution in [0, 0.1) is 11.3 Å². The summed E-state index contributed by atoms with van der Waals surface area (Å²) in [6, 6.07) is 12.3. The van der Waals surface area contributed by atoms with Crippen molar-refractivity contribution in [2.45, 2.75) is 0 Å². The van der Waals surface area contributed by atoms with Gasteiger partial charge in [0.2, 0.25) is 0 Å². The molecule has 0 atom stereocenters. The average Bonchev–Trinajstić information content (AvgIpc) is 3.39. The minimum atomic E-state index is -0.460. The number of carbonyl (C=O) groups excluding carboxylic acids is 2. The number of aliphatic imine (C=N–C) groups is 1. The van der Waals surface area contributed by atoms with E-state index < -0.39 is 11.8 Å². The van der Waals surface area contributed by atoms with Crippen LogP contribution in [0.1, 0.15) is 21.7 Å². The summed E-state index contributed by atoms with van der Waals surface area (Å²) in [4.78, 5) is 31.2. The minimum absolute atomic E-state index is 0.0587. The number of nitriles is 1. The Balaban J connectivity index is 1.72. The highest BCUT2D eigenvalue weighted by molar-refractivity contribution is 6.20. The fraction of sp³-hybridized carbons (Fsp3) is 0.200. The second-order valence-corrected chi connectivity index (χ2v) is 6.18. The number of hydrogen-bond donors (Lipinski definition) is 1. The van der Waals surface area contributed by atoms with Crippen molar-refractivity contribution in [3.05, 3.63) is 65.1 Å². The second-order valence-electron chi connectivity index (χ2n) is 6.18. The lowest BCUT2D eigenvalue weighted by molar-refractivity contribution is -0.130. The Morgan fingerprint density at radius 2 is 1.86 bits per heavy atom. The molecule has 0 radical (unpaired) electrons. The summed E-state index contributed by atoms with van der Waals surface area (Å²) in [5.74, 6) is -0.437. The monoisotopic (exact) mass is 376 g/mol. The molecular weight excluding hydrogens is 360 g/mol. The first-order valence-corrected chi connectivity index (χ1v) is 8.73. The van der Waals surface area contributed by atoms with Crippen molar-refractivity contribution in [2.75, 3.05) is 26.3 Å². The first kappa shape index (κ1) is 17.7. The molecule has 1 saturated heterocycles. The summed E-state index contributed by atoms with van der Waals surface area (Å²) in [5, 5.41) is 12.4. The van der Waals surface area contributed by atoms with Crippen molar-refractivity contribution in [1.82, 2.24) is 10.2 Å². The molecule has 2 amide bonds. The maximum absolute atomic E-state index is 12.9. The zero-order valence-corrected chi connectivity index (χ0v) is 14.8. The SMILES string of the molecule is N#C/C(C(=O)N1CCOCC1)=C1/N=C(NC(=O)c2ccco2)c2ccccc21. The van der Waals surface area contributed by atoms with Gasteiger partial charge in [0, 0.05) is 24.2 Å². The van der Waals surface area contributed by atoms with Crippen LogP contribution in [0.15, 0.2) is 57.6 Å². The van der Waals surface area contributed by atoms with Crippen LogP contribution < -0.4 is 5.32 Å². The van der Waals surface area contributed by atoms with E-state index in [1.807, 2.05) is 6.07 Å². The third kappa shape index (κ3) is 3.19. The topological polar surface area (TPSA) is 108 Å². The zero-order valence-electron chi connectivity index (χ0n) is 14.8. The van der Waals surface area contributed by atoms with Gasteiger partial charge in [0.05, 0.1) is 25.2 Å². The molecule has 2 aromatic rings. The summed E-state index contributed by atoms with van der Waals surface area (Å²) in [6.07, 6.45) is 1.40. The van der Waals surface area contributed by atoms with Crippen molar-refractivity contribution in [2.24, 2.45) is 4.99 Å². The number of fused-ring (bicyclic) bond motifs is 1. The molecule has 0 spiro atoms. The molecule has 8 heteroatoms. The van der Waals surface area contributed by atoms with Crippen molar-refractivity contribution >= 4 is 23.3 Å². The molecule has 8 nitrogen and oxygen atoms in total. The highest BCUT2D eigenvalue weighted by Gasteiger charge is 2.30. The Morgan fingerprint density at radius 3 is 2.54 bits per heavy atom. The van der Waals surface area contributed by atoms with Crippen LogP contribution in [-0.2, 0) is 9.53 Å². The Kier molecular flexibility index (Phi) is 4.74. The van der Waals surface area contributed by atoms with E-state index in [0.29, 0.717) is 37.4 Å². The summed E-state index contributed by atoms with van der Waals surface area (Å²) in [5.41, 5.74) is 1.45. The lowest BCUT2D eigenvalue weighted by Gasteiger charge is -2.26. The van der Waals surface area contributed by atoms with Gasteiger partial charge in [-0.05, 0) is 12.1 Å². The summed E-state index contributed by atoms with van der Waals surface area (Å²) in [6.45, 7) is 1.71. The highest BCUT2D eigenvalue weighted by atomic mass is 16.5. The van der Waals surface area contributed by atoms with Crippen molar-refractivity contribution in [3.63, 3.8) is 0 Å². The van der Waals surface area contributed by atoms with E-state index in [0.717, 1.165) is 0 Å². The van der Waals surface area contributed by atoms with Crippen molar-refractivity contribution < 1.29 is 18.7 Å². The molecule has 2 aliphatic heterocycles. The number of carbonyl (C=O) groups is 2. The number of furan rings is 1. The van der Waals surface area contributed by atoms with Crippen molar-refractivity contribution in [3.8, 4) is 6.07 Å². The molecule has 3 heterocycles. The van der Waals surface area contributed by atoms with Gasteiger partial charge in [-0.15, -0.1) is 0 Å². The molecular formula is C20H16N4O4. The Labute approximate surface area is 160 Å². The molecule has 1 N–H and O–H groups in total. The van der Waals surface area contributed by atoms with Crippen LogP contribution in [0.2, 0.25) is 0 Å². The normalized spacial score (nSPS) is 17.4. The largest absolute Gasteiger partial charge is 0.459 e. The fourth-order valence-corrected chi connectivity index (χ4v) is 3.12. The number of rotatable bonds is 2. The maximum Gasteiger partial charge on any atom is 0.292 e. The Morgan fingerprint density at radius 1 is 1.11 bits per heavy atom. The number of nitrogens with one attached hydrogen (secondary N) is 1. The molecule has 1 aromatic carbocycles. The molecule has 4 rings (SSSR count). The lowest BCUT2D eigenvalue weighted by atomic mass is 10.0. The van der Waals surface area contributed by atoms with Crippen LogP contribution in [0.3, 0.4) is 0 Å². The highest BCUT2D eigenvalue weighted by Crippen LogP contribution is 2.31. The predicted molar refractivity (Wildman–Crippen MR) is 99.1 cm³/mol. The van der Waals surface area contributed by atoms with Crippen LogP contribution in [0.5, 0.6) is 0 Å². The number of hydrogen-bond acceptors (Lipinski definition) is 6. The number of amidine groups is 1. The molecule has 2 aliphatic rings. The molecule has 1 fully saturated rings. The minimum Gasteiger partial charge on any atom is -0.459 e. The van der Waals surface area contributed by atoms with E-state index in [-0.39, 0.29) is 22.9 Å². The molecule has 28 heavy (non-hydrogen) atoms. The molecule has 0 bridgehead atoms. The van der Waals surface area contributed by atoms with Crippen LogP contribution in [0.25, 0.3) is 5.70 Å². The third-order valence-corrected chi connectivity index (χ3v) is 4.50. The van der Waals surface area contributed by atoms with Crippen molar-refractivity contribution in [1.29, 1.82) is 5.26 Å². The van der Waals surface area contributed by atoms with E-state index in [2.05, 4.69) is 10.3 Å². The van der Waals surface area contributed by atoms with Gasteiger partial charge in [-0.2, -0.15) is 5.26 Å². The van der Waals surface area contributed by atoms with Gasteiger partial charge in [-0.1, -0.05) is 24.3 Å². The van der Waals surface area contributed by atoms with Gasteiger partial charge in [0.15, 0.2) is 5.76 Å². The predicted octanol–water partition coefficient (Wildman–Crippen LogP) is 1.56. The number of ether oxygens (including phenoxy) is 1. The van der Waals surface area contributed by atoms with Gasteiger partial charge in [0.1, 0.15) is 17.5 Å². The summed E-state index contributed by atoms with van der Waals surface area (Å²) >= 11 is 0. The quantitative estimate of drug-likeness (QED) is 0.632. The number of amides is 2. The number of nitrogens with zero attached hydrogens (tertiary/aromatic N) is 3. The molecule has 0 aliphatic carbocycles.